The molecule has 2 fully saturated rings. The molecule has 4 heterocycles. The lowest BCUT2D eigenvalue weighted by Crippen LogP contribution is -2.14. The quantitative estimate of drug-likeness (QED) is 0.363. The molecule has 6 nitrogen and oxygen atoms in total. The van der Waals surface area contributed by atoms with Crippen LogP contribution in [0.1, 0.15) is 55.1 Å². The van der Waals surface area contributed by atoms with Gasteiger partial charge in [0.1, 0.15) is 11.6 Å². The zero-order valence-corrected chi connectivity index (χ0v) is 16.9. The normalized spacial score (nSPS) is 21.6. The molecule has 2 aliphatic rings. The van der Waals surface area contributed by atoms with Gasteiger partial charge in [-0.3, -0.25) is 0 Å². The summed E-state index contributed by atoms with van der Waals surface area (Å²) < 4.78 is 0. The third kappa shape index (κ3) is 3.22. The van der Waals surface area contributed by atoms with E-state index in [4.69, 9.17) is 4.98 Å². The molecule has 0 radical (unpaired) electrons. The molecule has 2 atom stereocenters. The molecular weight excluding hydrogens is 372 g/mol. The summed E-state index contributed by atoms with van der Waals surface area (Å²) in [7, 11) is 0. The van der Waals surface area contributed by atoms with Crippen LogP contribution in [0.15, 0.2) is 48.7 Å². The van der Waals surface area contributed by atoms with E-state index in [2.05, 4.69) is 68.1 Å². The first-order chi connectivity index (χ1) is 14.8. The summed E-state index contributed by atoms with van der Waals surface area (Å²) in [5.41, 5.74) is 6.73. The highest BCUT2D eigenvalue weighted by atomic mass is 15.0. The Hall–Kier alpha value is -2.96. The maximum Gasteiger partial charge on any atom is 0.124 e. The Morgan fingerprint density at radius 3 is 2.37 bits per heavy atom. The Kier molecular flexibility index (Phi) is 4.39. The lowest BCUT2D eigenvalue weighted by atomic mass is 10.0. The van der Waals surface area contributed by atoms with Gasteiger partial charge in [-0.15, -0.1) is 0 Å². The van der Waals surface area contributed by atoms with E-state index in [1.165, 1.54) is 24.0 Å². The van der Waals surface area contributed by atoms with Crippen LogP contribution in [0.2, 0.25) is 0 Å². The number of aromatic nitrogens is 4. The Bertz CT molecular complexity index is 1200. The highest BCUT2D eigenvalue weighted by molar-refractivity contribution is 5.83. The van der Waals surface area contributed by atoms with Gasteiger partial charge < -0.3 is 20.6 Å². The lowest BCUT2D eigenvalue weighted by molar-refractivity contribution is 0.613. The molecule has 2 saturated heterocycles. The summed E-state index contributed by atoms with van der Waals surface area (Å²) in [6, 6.07) is 15.8. The van der Waals surface area contributed by atoms with Gasteiger partial charge in [0, 0.05) is 11.3 Å². The van der Waals surface area contributed by atoms with Crippen molar-refractivity contribution >= 4 is 11.0 Å². The zero-order chi connectivity index (χ0) is 19.9. The van der Waals surface area contributed by atoms with E-state index in [0.717, 1.165) is 59.9 Å². The Morgan fingerprint density at radius 1 is 0.800 bits per heavy atom. The molecule has 160 valence electrons. The van der Waals surface area contributed by atoms with Crippen LogP contribution in [-0.4, -0.2) is 33.0 Å². The summed E-state index contributed by atoms with van der Waals surface area (Å²) in [5.74, 6) is 2.10. The summed E-state index contributed by atoms with van der Waals surface area (Å²) in [6.45, 7) is 2.15. The Labute approximate surface area is 181 Å². The second-order valence-electron chi connectivity index (χ2n) is 8.41. The van der Waals surface area contributed by atoms with Crippen LogP contribution in [0, 0.1) is 0 Å². The molecule has 0 bridgehead atoms. The predicted octanol–water partition coefficient (Wildman–Crippen LogP) is 5.45. The van der Waals surface area contributed by atoms with Crippen molar-refractivity contribution in [3.05, 3.63) is 60.3 Å². The molecule has 0 spiro atoms. The Morgan fingerprint density at radius 2 is 1.57 bits per heavy atom. The number of rotatable bonds is 4. The number of nitrogens with one attached hydrogen (secondary N) is 4. The molecule has 4 N–H and O–H groups in total. The first-order valence-electron chi connectivity index (χ1n) is 11.0. The minimum Gasteiger partial charge on any atom is -0.341 e. The monoisotopic (exact) mass is 406 g/mol. The van der Waals surface area contributed by atoms with E-state index in [9.17, 15) is 0 Å². The highest BCUT2D eigenvalue weighted by Gasteiger charge is 2.20. The van der Waals surface area contributed by atoms with E-state index in [0.29, 0.717) is 12.1 Å². The molecule has 2 aromatic carbocycles. The van der Waals surface area contributed by atoms with E-state index in [1.807, 2.05) is 6.20 Å². The third-order valence-electron chi connectivity index (χ3n) is 6.38. The molecule has 0 unspecified atom stereocenters. The van der Waals surface area contributed by atoms with Crippen molar-refractivity contribution in [2.45, 2.75) is 37.8 Å². The van der Waals surface area contributed by atoms with Gasteiger partial charge in [-0.2, -0.15) is 0 Å². The lowest BCUT2D eigenvalue weighted by Gasteiger charge is -2.07. The molecular formula is C24H34N6. The van der Waals surface area contributed by atoms with Gasteiger partial charge in [0.2, 0.25) is 0 Å². The number of fused-ring (bicyclic) bond motifs is 1. The average Bonchev–Trinajstić information content (AvgIpc) is 3.58. The second-order valence-corrected chi connectivity index (χ2v) is 8.41. The van der Waals surface area contributed by atoms with Crippen molar-refractivity contribution in [3.8, 4) is 22.4 Å². The van der Waals surface area contributed by atoms with Gasteiger partial charge >= 0.3 is 0 Å². The minimum absolute atomic E-state index is 0. The van der Waals surface area contributed by atoms with Crippen LogP contribution >= 0.6 is 0 Å². The van der Waals surface area contributed by atoms with Gasteiger partial charge in [-0.1, -0.05) is 24.3 Å². The van der Waals surface area contributed by atoms with Crippen LogP contribution in [0.4, 0.5) is 0 Å². The average molecular weight is 407 g/mol. The molecule has 2 aromatic heterocycles. The summed E-state index contributed by atoms with van der Waals surface area (Å²) in [5, 5.41) is 7.03. The molecule has 4 aromatic rings. The van der Waals surface area contributed by atoms with E-state index >= 15 is 0 Å². The largest absolute Gasteiger partial charge is 0.341 e. The van der Waals surface area contributed by atoms with Crippen molar-refractivity contribution in [3.63, 3.8) is 0 Å². The SMILES string of the molecule is [HH].[HH].[HH].[HH].c1cc(-c2ccc3nc([C@@H]4CCCN4)[nH]c3c2)cc(-c2cnc([C@@H]3CCCN3)[nH]2)c1. The number of nitrogens with zero attached hydrogens (tertiary/aromatic N) is 2. The van der Waals surface area contributed by atoms with Gasteiger partial charge in [-0.05, 0) is 68.1 Å². The fourth-order valence-electron chi connectivity index (χ4n) is 4.74. The molecule has 2 aliphatic heterocycles. The minimum atomic E-state index is 0. The van der Waals surface area contributed by atoms with Gasteiger partial charge in [0.15, 0.2) is 0 Å². The summed E-state index contributed by atoms with van der Waals surface area (Å²) in [4.78, 5) is 16.5. The summed E-state index contributed by atoms with van der Waals surface area (Å²) >= 11 is 0. The second kappa shape index (κ2) is 7.38. The number of hydrogen-bond acceptors (Lipinski definition) is 4. The molecule has 0 saturated carbocycles. The molecule has 6 rings (SSSR count). The smallest absolute Gasteiger partial charge is 0.124 e. The topological polar surface area (TPSA) is 81.4 Å². The van der Waals surface area contributed by atoms with Crippen LogP contribution in [-0.2, 0) is 0 Å². The van der Waals surface area contributed by atoms with Crippen LogP contribution < -0.4 is 10.6 Å². The third-order valence-corrected chi connectivity index (χ3v) is 6.38. The number of imidazole rings is 2. The van der Waals surface area contributed by atoms with Gasteiger partial charge in [-0.25, -0.2) is 9.97 Å². The van der Waals surface area contributed by atoms with Crippen molar-refractivity contribution in [1.82, 2.24) is 30.6 Å². The van der Waals surface area contributed by atoms with E-state index < -0.39 is 0 Å². The predicted molar refractivity (Wildman–Crippen MR) is 128 cm³/mol. The molecule has 0 amide bonds. The molecule has 0 aliphatic carbocycles. The maximum atomic E-state index is 4.80. The van der Waals surface area contributed by atoms with Crippen molar-refractivity contribution in [2.24, 2.45) is 0 Å². The van der Waals surface area contributed by atoms with E-state index in [-0.39, 0.29) is 5.71 Å². The zero-order valence-electron chi connectivity index (χ0n) is 16.9. The first-order valence-corrected chi connectivity index (χ1v) is 11.0. The number of H-pyrrole nitrogens is 2. The number of benzene rings is 2. The van der Waals surface area contributed by atoms with E-state index in [1.54, 1.807) is 0 Å². The van der Waals surface area contributed by atoms with Crippen LogP contribution in [0.25, 0.3) is 33.4 Å². The van der Waals surface area contributed by atoms with Crippen LogP contribution in [0.5, 0.6) is 0 Å². The summed E-state index contributed by atoms with van der Waals surface area (Å²) in [6.07, 6.45) is 6.68. The fourth-order valence-corrected chi connectivity index (χ4v) is 4.74. The Balaban J connectivity index is 0.00000102. The van der Waals surface area contributed by atoms with Gasteiger partial charge in [0.25, 0.3) is 0 Å². The molecule has 6 heteroatoms. The van der Waals surface area contributed by atoms with Crippen molar-refractivity contribution < 1.29 is 5.71 Å². The van der Waals surface area contributed by atoms with Gasteiger partial charge in [0.05, 0.1) is 35.0 Å². The van der Waals surface area contributed by atoms with Crippen molar-refractivity contribution in [2.75, 3.05) is 13.1 Å². The molecule has 30 heavy (non-hydrogen) atoms. The van der Waals surface area contributed by atoms with Crippen molar-refractivity contribution in [1.29, 1.82) is 0 Å². The maximum absolute atomic E-state index is 4.80. The highest BCUT2D eigenvalue weighted by Crippen LogP contribution is 2.30. The number of aromatic amines is 2. The first kappa shape index (κ1) is 17.9. The number of hydrogen-bond donors (Lipinski definition) is 4. The standard InChI is InChI=1S/C24H26N6.4H2/c1-4-15(12-17(5-1)22-14-27-23(30-22)19-6-2-10-25-19)16-8-9-18-21(13-16)29-24(28-18)20-7-3-11-26-20;;;;/h1,4-5,8-9,12-14,19-20,25-26H,2-3,6-7,10-11H2,(H,27,30)(H,28,29);4*1H/t19-,20-;;;;/m0..../s1. The fraction of sp³-hybridized carbons (Fsp3) is 0.333. The van der Waals surface area contributed by atoms with Crippen LogP contribution in [0.3, 0.4) is 0 Å².